The minimum Gasteiger partial charge on any atom is -0.387 e. The number of carbonyl (C=O) groups is 1. The van der Waals surface area contributed by atoms with Crippen LogP contribution in [0.1, 0.15) is 24.8 Å². The maximum atomic E-state index is 12.1. The van der Waals surface area contributed by atoms with Crippen molar-refractivity contribution in [2.75, 3.05) is 18.1 Å². The van der Waals surface area contributed by atoms with Crippen LogP contribution in [-0.4, -0.2) is 40.8 Å². The van der Waals surface area contributed by atoms with E-state index in [4.69, 9.17) is 0 Å². The smallest absolute Gasteiger partial charge is 0.315 e. The molecule has 2 unspecified atom stereocenters. The van der Waals surface area contributed by atoms with Gasteiger partial charge in [0.2, 0.25) is 0 Å². The van der Waals surface area contributed by atoms with E-state index >= 15 is 0 Å². The third-order valence-electron chi connectivity index (χ3n) is 4.47. The number of rotatable bonds is 6. The van der Waals surface area contributed by atoms with Crippen molar-refractivity contribution in [2.24, 2.45) is 5.92 Å². The summed E-state index contributed by atoms with van der Waals surface area (Å²) in [5.74, 6) is 2.28. The number of benzene rings is 1. The fraction of sp³-hybridized carbons (Fsp3) is 0.588. The Balaban J connectivity index is 1.49. The molecule has 2 atom stereocenters. The number of hydrogen-bond acceptors (Lipinski definition) is 3. The van der Waals surface area contributed by atoms with Gasteiger partial charge in [0.05, 0.1) is 5.60 Å². The van der Waals surface area contributed by atoms with Crippen LogP contribution >= 0.6 is 11.8 Å². The lowest BCUT2D eigenvalue weighted by Crippen LogP contribution is -2.49. The third kappa shape index (κ3) is 4.40. The van der Waals surface area contributed by atoms with Crippen LogP contribution in [0.5, 0.6) is 0 Å². The average molecular weight is 320 g/mol. The lowest BCUT2D eigenvalue weighted by atomic mass is 10.0. The van der Waals surface area contributed by atoms with Crippen LogP contribution in [-0.2, 0) is 6.42 Å². The van der Waals surface area contributed by atoms with Crippen molar-refractivity contribution in [2.45, 2.75) is 37.3 Å². The molecule has 1 aliphatic heterocycles. The van der Waals surface area contributed by atoms with Crippen LogP contribution < -0.4 is 10.6 Å². The van der Waals surface area contributed by atoms with Crippen LogP contribution in [0.3, 0.4) is 0 Å². The zero-order valence-corrected chi connectivity index (χ0v) is 13.6. The second-order valence-corrected chi connectivity index (χ2v) is 7.59. The highest BCUT2D eigenvalue weighted by molar-refractivity contribution is 7.99. The Morgan fingerprint density at radius 1 is 1.36 bits per heavy atom. The molecule has 22 heavy (non-hydrogen) atoms. The van der Waals surface area contributed by atoms with Crippen molar-refractivity contribution in [3.63, 3.8) is 0 Å². The number of urea groups is 1. The summed E-state index contributed by atoms with van der Waals surface area (Å²) in [6.45, 7) is 0.342. The van der Waals surface area contributed by atoms with Crippen molar-refractivity contribution < 1.29 is 9.90 Å². The first kappa shape index (κ1) is 15.7. The Morgan fingerprint density at radius 2 is 2.14 bits per heavy atom. The molecule has 1 heterocycles. The Labute approximate surface area is 136 Å². The first-order valence-corrected chi connectivity index (χ1v) is 9.18. The van der Waals surface area contributed by atoms with Gasteiger partial charge in [-0.2, -0.15) is 11.8 Å². The normalized spacial score (nSPS) is 25.7. The number of amides is 2. The number of nitrogens with one attached hydrogen (secondary N) is 2. The van der Waals surface area contributed by atoms with Gasteiger partial charge in [0.1, 0.15) is 0 Å². The second-order valence-electron chi connectivity index (χ2n) is 6.49. The van der Waals surface area contributed by atoms with E-state index in [0.717, 1.165) is 18.6 Å². The molecule has 0 aromatic heterocycles. The van der Waals surface area contributed by atoms with Crippen LogP contribution in [0, 0.1) is 5.92 Å². The minimum atomic E-state index is -0.726. The van der Waals surface area contributed by atoms with E-state index in [9.17, 15) is 9.90 Å². The first-order chi connectivity index (χ1) is 10.6. The number of carbonyl (C=O) groups excluding carboxylic acids is 1. The van der Waals surface area contributed by atoms with E-state index in [0.29, 0.717) is 18.2 Å². The molecule has 2 aliphatic rings. The van der Waals surface area contributed by atoms with Gasteiger partial charge in [-0.05, 0) is 42.9 Å². The molecule has 0 spiro atoms. The molecular formula is C17H24N2O2S. The third-order valence-corrected chi connectivity index (χ3v) is 5.70. The quantitative estimate of drug-likeness (QED) is 0.753. The van der Waals surface area contributed by atoms with E-state index in [1.807, 2.05) is 18.2 Å². The van der Waals surface area contributed by atoms with Crippen molar-refractivity contribution in [1.29, 1.82) is 0 Å². The van der Waals surface area contributed by atoms with E-state index in [1.165, 1.54) is 18.4 Å². The van der Waals surface area contributed by atoms with Gasteiger partial charge >= 0.3 is 6.03 Å². The van der Waals surface area contributed by atoms with Gasteiger partial charge in [0.25, 0.3) is 0 Å². The van der Waals surface area contributed by atoms with Crippen LogP contribution in [0.15, 0.2) is 30.3 Å². The fourth-order valence-electron chi connectivity index (χ4n) is 2.90. The van der Waals surface area contributed by atoms with Crippen molar-refractivity contribution in [3.05, 3.63) is 35.9 Å². The molecule has 4 nitrogen and oxygen atoms in total. The minimum absolute atomic E-state index is 0.154. The Morgan fingerprint density at radius 3 is 2.77 bits per heavy atom. The predicted octanol–water partition coefficient (Wildman–Crippen LogP) is 2.17. The van der Waals surface area contributed by atoms with Gasteiger partial charge in [-0.25, -0.2) is 4.79 Å². The average Bonchev–Trinajstić information content (AvgIpc) is 3.28. The van der Waals surface area contributed by atoms with Crippen LogP contribution in [0.2, 0.25) is 0 Å². The summed E-state index contributed by atoms with van der Waals surface area (Å²) in [4.78, 5) is 12.1. The van der Waals surface area contributed by atoms with Crippen LogP contribution in [0.25, 0.3) is 0 Å². The molecular weight excluding hydrogens is 296 g/mol. The predicted molar refractivity (Wildman–Crippen MR) is 90.1 cm³/mol. The summed E-state index contributed by atoms with van der Waals surface area (Å²) in [6.07, 6.45) is 4.02. The SMILES string of the molecule is O=C(NCC1(O)CCSC1)NC(Cc1ccccc1)C1CC1. The molecule has 2 amide bonds. The van der Waals surface area contributed by atoms with E-state index in [2.05, 4.69) is 22.8 Å². The number of thioether (sulfide) groups is 1. The van der Waals surface area contributed by atoms with E-state index < -0.39 is 5.60 Å². The molecule has 3 N–H and O–H groups in total. The Hall–Kier alpha value is -1.20. The molecule has 2 fully saturated rings. The monoisotopic (exact) mass is 320 g/mol. The molecule has 120 valence electrons. The molecule has 1 aromatic carbocycles. The summed E-state index contributed by atoms with van der Waals surface area (Å²) in [7, 11) is 0. The molecule has 0 bridgehead atoms. The molecule has 1 saturated heterocycles. The summed E-state index contributed by atoms with van der Waals surface area (Å²) in [5.41, 5.74) is 0.529. The number of hydrogen-bond donors (Lipinski definition) is 3. The highest BCUT2D eigenvalue weighted by Gasteiger charge is 2.34. The Bertz CT molecular complexity index is 499. The standard InChI is InChI=1S/C17H24N2O2S/c20-16(18-11-17(21)8-9-22-12-17)19-15(14-6-7-14)10-13-4-2-1-3-5-13/h1-5,14-15,21H,6-12H2,(H2,18,19,20). The topological polar surface area (TPSA) is 61.4 Å². The zero-order chi connectivity index (χ0) is 15.4. The molecule has 0 radical (unpaired) electrons. The van der Waals surface area contributed by atoms with Gasteiger partial charge in [-0.3, -0.25) is 0 Å². The van der Waals surface area contributed by atoms with Crippen molar-refractivity contribution in [1.82, 2.24) is 10.6 Å². The molecule has 1 aromatic rings. The fourth-order valence-corrected chi connectivity index (χ4v) is 4.20. The lowest BCUT2D eigenvalue weighted by molar-refractivity contribution is 0.0698. The molecule has 1 saturated carbocycles. The van der Waals surface area contributed by atoms with Gasteiger partial charge in [0.15, 0.2) is 0 Å². The maximum Gasteiger partial charge on any atom is 0.315 e. The molecule has 5 heteroatoms. The highest BCUT2D eigenvalue weighted by atomic mass is 32.2. The maximum absolute atomic E-state index is 12.1. The van der Waals surface area contributed by atoms with Gasteiger partial charge in [-0.1, -0.05) is 30.3 Å². The summed E-state index contributed by atoms with van der Waals surface area (Å²) in [5, 5.41) is 16.2. The highest BCUT2D eigenvalue weighted by Crippen LogP contribution is 2.34. The number of aliphatic hydroxyl groups is 1. The molecule has 3 rings (SSSR count). The largest absolute Gasteiger partial charge is 0.387 e. The first-order valence-electron chi connectivity index (χ1n) is 8.03. The van der Waals surface area contributed by atoms with Gasteiger partial charge < -0.3 is 15.7 Å². The van der Waals surface area contributed by atoms with Crippen molar-refractivity contribution >= 4 is 17.8 Å². The Kier molecular flexibility index (Phi) is 4.93. The lowest BCUT2D eigenvalue weighted by Gasteiger charge is -2.24. The summed E-state index contributed by atoms with van der Waals surface area (Å²) >= 11 is 1.74. The van der Waals surface area contributed by atoms with Crippen LogP contribution in [0.4, 0.5) is 4.79 Å². The van der Waals surface area contributed by atoms with Gasteiger partial charge in [-0.15, -0.1) is 0 Å². The molecule has 1 aliphatic carbocycles. The van der Waals surface area contributed by atoms with E-state index in [1.54, 1.807) is 11.8 Å². The zero-order valence-electron chi connectivity index (χ0n) is 12.8. The summed E-state index contributed by atoms with van der Waals surface area (Å²) in [6, 6.07) is 10.3. The van der Waals surface area contributed by atoms with E-state index in [-0.39, 0.29) is 12.1 Å². The summed E-state index contributed by atoms with van der Waals surface area (Å²) < 4.78 is 0. The van der Waals surface area contributed by atoms with Gasteiger partial charge in [0, 0.05) is 18.3 Å². The second kappa shape index (κ2) is 6.92. The van der Waals surface area contributed by atoms with Crippen molar-refractivity contribution in [3.8, 4) is 0 Å².